The molecule has 0 aliphatic heterocycles. The molecule has 3 rings (SSSR count). The Bertz CT molecular complexity index is 600. The Labute approximate surface area is 151 Å². The van der Waals surface area contributed by atoms with Gasteiger partial charge in [0.25, 0.3) is 0 Å². The number of carbonyl (C=O) groups is 1. The van der Waals surface area contributed by atoms with Crippen LogP contribution in [0, 0.1) is 11.3 Å². The zero-order chi connectivity index (χ0) is 18.1. The molecule has 2 fully saturated rings. The summed E-state index contributed by atoms with van der Waals surface area (Å²) in [6.07, 6.45) is 5.34. The molecular weight excluding hydrogens is 314 g/mol. The second-order valence-corrected chi connectivity index (χ2v) is 8.39. The standard InChI is InChI=1S/C21H31NO3/c1-20-10-8-17(14-21(20,24)11-9-18(20)15-23)16-4-6-19(7-5-16)25-13-12-22(2)3/h4-7,15,17-18,24H,8-14H2,1-3H3/t17-,18+,20+,21-/m0/s1. The molecule has 2 aliphatic carbocycles. The molecule has 138 valence electrons. The first-order valence-corrected chi connectivity index (χ1v) is 9.43. The van der Waals surface area contributed by atoms with Gasteiger partial charge in [-0.3, -0.25) is 0 Å². The highest BCUT2D eigenvalue weighted by Gasteiger charge is 2.58. The monoisotopic (exact) mass is 345 g/mol. The van der Waals surface area contributed by atoms with Gasteiger partial charge in [0.1, 0.15) is 18.6 Å². The molecule has 4 atom stereocenters. The Kier molecular flexibility index (Phi) is 5.21. The molecule has 0 unspecified atom stereocenters. The van der Waals surface area contributed by atoms with E-state index in [0.717, 1.165) is 50.7 Å². The second-order valence-electron chi connectivity index (χ2n) is 8.39. The number of rotatable bonds is 6. The summed E-state index contributed by atoms with van der Waals surface area (Å²) in [6, 6.07) is 8.33. The third-order valence-corrected chi connectivity index (χ3v) is 6.67. The highest BCUT2D eigenvalue weighted by molar-refractivity contribution is 5.57. The Morgan fingerprint density at radius 3 is 2.60 bits per heavy atom. The van der Waals surface area contributed by atoms with Gasteiger partial charge in [0.05, 0.1) is 5.60 Å². The molecule has 1 N–H and O–H groups in total. The van der Waals surface area contributed by atoms with E-state index in [-0.39, 0.29) is 11.3 Å². The molecule has 1 aromatic rings. The SMILES string of the molecule is CN(C)CCOc1ccc([C@H]2CC[C@]3(C)[C@@H](C=O)CC[C@]3(O)C2)cc1. The first-order valence-electron chi connectivity index (χ1n) is 9.43. The average Bonchev–Trinajstić information content (AvgIpc) is 2.85. The van der Waals surface area contributed by atoms with Crippen molar-refractivity contribution in [3.8, 4) is 5.75 Å². The molecule has 4 nitrogen and oxygen atoms in total. The van der Waals surface area contributed by atoms with Crippen LogP contribution in [0.5, 0.6) is 5.75 Å². The average molecular weight is 345 g/mol. The summed E-state index contributed by atoms with van der Waals surface area (Å²) < 4.78 is 5.76. The van der Waals surface area contributed by atoms with E-state index in [1.54, 1.807) is 0 Å². The van der Waals surface area contributed by atoms with Gasteiger partial charge in [-0.1, -0.05) is 19.1 Å². The van der Waals surface area contributed by atoms with Crippen molar-refractivity contribution < 1.29 is 14.6 Å². The number of hydrogen-bond acceptors (Lipinski definition) is 4. The predicted molar refractivity (Wildman–Crippen MR) is 98.9 cm³/mol. The number of aliphatic hydroxyl groups is 1. The molecule has 0 spiro atoms. The fourth-order valence-corrected chi connectivity index (χ4v) is 4.77. The van der Waals surface area contributed by atoms with Crippen molar-refractivity contribution >= 4 is 6.29 Å². The molecule has 0 aromatic heterocycles. The van der Waals surface area contributed by atoms with Gasteiger partial charge in [-0.15, -0.1) is 0 Å². The van der Waals surface area contributed by atoms with Gasteiger partial charge in [-0.05, 0) is 69.8 Å². The number of benzene rings is 1. The van der Waals surface area contributed by atoms with Crippen LogP contribution in [0.25, 0.3) is 0 Å². The van der Waals surface area contributed by atoms with Crippen molar-refractivity contribution in [2.75, 3.05) is 27.2 Å². The number of fused-ring (bicyclic) bond motifs is 1. The number of hydrogen-bond donors (Lipinski definition) is 1. The number of carbonyl (C=O) groups excluding carboxylic acids is 1. The maximum absolute atomic E-state index is 11.4. The second kappa shape index (κ2) is 7.08. The largest absolute Gasteiger partial charge is 0.492 e. The molecule has 0 heterocycles. The minimum atomic E-state index is -0.706. The fraction of sp³-hybridized carbons (Fsp3) is 0.667. The lowest BCUT2D eigenvalue weighted by molar-refractivity contribution is -0.128. The van der Waals surface area contributed by atoms with Gasteiger partial charge < -0.3 is 19.5 Å². The van der Waals surface area contributed by atoms with Gasteiger partial charge in [0.2, 0.25) is 0 Å². The lowest BCUT2D eigenvalue weighted by atomic mass is 9.59. The smallest absolute Gasteiger partial charge is 0.123 e. The first-order chi connectivity index (χ1) is 11.9. The van der Waals surface area contributed by atoms with E-state index >= 15 is 0 Å². The van der Waals surface area contributed by atoms with Gasteiger partial charge in [-0.25, -0.2) is 0 Å². The molecule has 0 bridgehead atoms. The summed E-state index contributed by atoms with van der Waals surface area (Å²) in [5, 5.41) is 11.2. The van der Waals surface area contributed by atoms with E-state index in [1.807, 2.05) is 26.2 Å². The van der Waals surface area contributed by atoms with Crippen LogP contribution in [0.2, 0.25) is 0 Å². The third kappa shape index (κ3) is 3.47. The molecule has 0 radical (unpaired) electrons. The van der Waals surface area contributed by atoms with Gasteiger partial charge in [-0.2, -0.15) is 0 Å². The molecule has 4 heteroatoms. The van der Waals surface area contributed by atoms with Gasteiger partial charge in [0, 0.05) is 17.9 Å². The predicted octanol–water partition coefficient (Wildman–Crippen LogP) is 3.24. The third-order valence-electron chi connectivity index (χ3n) is 6.67. The minimum absolute atomic E-state index is 0.00548. The summed E-state index contributed by atoms with van der Waals surface area (Å²) in [6.45, 7) is 3.69. The zero-order valence-corrected chi connectivity index (χ0v) is 15.7. The van der Waals surface area contributed by atoms with E-state index in [4.69, 9.17) is 4.74 Å². The van der Waals surface area contributed by atoms with Crippen LogP contribution in [0.15, 0.2) is 24.3 Å². The highest BCUT2D eigenvalue weighted by Crippen LogP contribution is 2.60. The Morgan fingerprint density at radius 1 is 1.24 bits per heavy atom. The highest BCUT2D eigenvalue weighted by atomic mass is 16.5. The van der Waals surface area contributed by atoms with Crippen LogP contribution in [0.3, 0.4) is 0 Å². The number of ether oxygens (including phenoxy) is 1. The van der Waals surface area contributed by atoms with Crippen LogP contribution in [-0.4, -0.2) is 49.1 Å². The van der Waals surface area contributed by atoms with Crippen molar-refractivity contribution in [1.29, 1.82) is 0 Å². The van der Waals surface area contributed by atoms with Crippen molar-refractivity contribution in [3.05, 3.63) is 29.8 Å². The van der Waals surface area contributed by atoms with Crippen LogP contribution in [0.4, 0.5) is 0 Å². The molecule has 2 saturated carbocycles. The zero-order valence-electron chi connectivity index (χ0n) is 15.7. The number of likely N-dealkylation sites (N-methyl/N-ethyl adjacent to an activating group) is 1. The molecular formula is C21H31NO3. The van der Waals surface area contributed by atoms with Crippen molar-refractivity contribution in [2.24, 2.45) is 11.3 Å². The summed E-state index contributed by atoms with van der Waals surface area (Å²) in [4.78, 5) is 13.5. The number of aldehydes is 1. The maximum atomic E-state index is 11.4. The minimum Gasteiger partial charge on any atom is -0.492 e. The van der Waals surface area contributed by atoms with Crippen molar-refractivity contribution in [1.82, 2.24) is 4.90 Å². The lowest BCUT2D eigenvalue weighted by Crippen LogP contribution is -2.49. The summed E-state index contributed by atoms with van der Waals surface area (Å²) >= 11 is 0. The van der Waals surface area contributed by atoms with E-state index in [2.05, 4.69) is 24.0 Å². The summed E-state index contributed by atoms with van der Waals surface area (Å²) in [7, 11) is 4.07. The lowest BCUT2D eigenvalue weighted by Gasteiger charge is -2.48. The normalized spacial score (nSPS) is 34.8. The fourth-order valence-electron chi connectivity index (χ4n) is 4.77. The topological polar surface area (TPSA) is 49.8 Å². The quantitative estimate of drug-likeness (QED) is 0.804. The Morgan fingerprint density at radius 2 is 1.96 bits per heavy atom. The van der Waals surface area contributed by atoms with Crippen LogP contribution in [-0.2, 0) is 4.79 Å². The van der Waals surface area contributed by atoms with Gasteiger partial charge >= 0.3 is 0 Å². The summed E-state index contributed by atoms with van der Waals surface area (Å²) in [5.74, 6) is 1.26. The molecule has 2 aliphatic rings. The maximum Gasteiger partial charge on any atom is 0.123 e. The Hall–Kier alpha value is -1.39. The first kappa shape index (κ1) is 18.4. The van der Waals surface area contributed by atoms with Gasteiger partial charge in [0.15, 0.2) is 0 Å². The van der Waals surface area contributed by atoms with E-state index in [9.17, 15) is 9.90 Å². The summed E-state index contributed by atoms with van der Waals surface area (Å²) in [5.41, 5.74) is 0.313. The molecule has 0 saturated heterocycles. The van der Waals surface area contributed by atoms with E-state index in [1.165, 1.54) is 5.56 Å². The van der Waals surface area contributed by atoms with Crippen molar-refractivity contribution in [2.45, 2.75) is 50.5 Å². The van der Waals surface area contributed by atoms with Crippen molar-refractivity contribution in [3.63, 3.8) is 0 Å². The molecule has 0 amide bonds. The van der Waals surface area contributed by atoms with Crippen LogP contribution in [0.1, 0.15) is 50.5 Å². The van der Waals surface area contributed by atoms with Crippen LogP contribution < -0.4 is 4.74 Å². The number of nitrogens with zero attached hydrogens (tertiary/aromatic N) is 1. The van der Waals surface area contributed by atoms with E-state index < -0.39 is 5.60 Å². The molecule has 1 aromatic carbocycles. The van der Waals surface area contributed by atoms with E-state index in [0.29, 0.717) is 12.5 Å². The Balaban J connectivity index is 1.65. The van der Waals surface area contributed by atoms with Crippen LogP contribution >= 0.6 is 0 Å². The molecule has 25 heavy (non-hydrogen) atoms.